The third kappa shape index (κ3) is 2.36. The van der Waals surface area contributed by atoms with Crippen LogP contribution in [-0.4, -0.2) is 15.9 Å². The number of H-pyrrole nitrogens is 1. The van der Waals surface area contributed by atoms with E-state index < -0.39 is 0 Å². The fourth-order valence-electron chi connectivity index (χ4n) is 3.10. The number of hydrogen-bond acceptors (Lipinski definition) is 4. The first-order valence-electron chi connectivity index (χ1n) is 8.19. The van der Waals surface area contributed by atoms with Crippen LogP contribution in [0.5, 0.6) is 0 Å². The third-order valence-corrected chi connectivity index (χ3v) is 4.35. The number of carbonyl (C=O) groups is 1. The fraction of sp³-hybridized carbons (Fsp3) is 0. The molecule has 1 amide bonds. The molecule has 0 saturated carbocycles. The topological polar surface area (TPSA) is 82.9 Å². The van der Waals surface area contributed by atoms with Gasteiger partial charge < -0.3 is 20.0 Å². The molecule has 0 saturated heterocycles. The normalized spacial score (nSPS) is 14.6. The maximum absolute atomic E-state index is 12.3. The number of furan rings is 1. The third-order valence-electron chi connectivity index (χ3n) is 4.35. The lowest BCUT2D eigenvalue weighted by Crippen LogP contribution is -2.05. The summed E-state index contributed by atoms with van der Waals surface area (Å²) in [7, 11) is 0. The molecule has 5 rings (SSSR count). The second-order valence-electron chi connectivity index (χ2n) is 6.00. The van der Waals surface area contributed by atoms with Crippen molar-refractivity contribution < 1.29 is 9.21 Å². The van der Waals surface area contributed by atoms with E-state index in [9.17, 15) is 4.79 Å². The number of aromatic amines is 1. The van der Waals surface area contributed by atoms with Crippen molar-refractivity contribution in [1.29, 1.82) is 0 Å². The number of aromatic nitrogens is 2. The van der Waals surface area contributed by atoms with E-state index in [1.54, 1.807) is 12.5 Å². The molecule has 6 nitrogen and oxygen atoms in total. The smallest absolute Gasteiger partial charge is 0.257 e. The Kier molecular flexibility index (Phi) is 3.15. The predicted octanol–water partition coefficient (Wildman–Crippen LogP) is 4.23. The number of nitrogens with zero attached hydrogens (tertiary/aromatic N) is 1. The lowest BCUT2D eigenvalue weighted by atomic mass is 10.0. The van der Waals surface area contributed by atoms with Gasteiger partial charge in [0, 0.05) is 23.0 Å². The Bertz CT molecular complexity index is 1120. The van der Waals surface area contributed by atoms with Crippen LogP contribution in [0.25, 0.3) is 27.9 Å². The number of nitrogens with one attached hydrogen (secondary N) is 3. The zero-order valence-electron chi connectivity index (χ0n) is 13.6. The number of imidazole rings is 1. The van der Waals surface area contributed by atoms with Gasteiger partial charge in [-0.3, -0.25) is 4.79 Å². The molecule has 3 heterocycles. The molecule has 126 valence electrons. The van der Waals surface area contributed by atoms with Crippen LogP contribution >= 0.6 is 0 Å². The fourth-order valence-corrected chi connectivity index (χ4v) is 3.10. The van der Waals surface area contributed by atoms with Crippen LogP contribution in [0, 0.1) is 0 Å². The Morgan fingerprint density at radius 2 is 2.00 bits per heavy atom. The minimum absolute atomic E-state index is 0.153. The molecule has 0 fully saturated rings. The number of anilines is 2. The SMILES string of the molecule is O=C1Nc2cc(-c3ccco3)ccc2/C1=C\Nc1nc2ccccc2[nH]1. The molecule has 0 aliphatic carbocycles. The first-order chi connectivity index (χ1) is 12.8. The molecule has 1 aliphatic heterocycles. The van der Waals surface area contributed by atoms with Crippen molar-refractivity contribution in [3.63, 3.8) is 0 Å². The molecule has 6 heteroatoms. The Hall–Kier alpha value is -3.80. The van der Waals surface area contributed by atoms with Gasteiger partial charge >= 0.3 is 0 Å². The van der Waals surface area contributed by atoms with E-state index in [1.807, 2.05) is 54.6 Å². The largest absolute Gasteiger partial charge is 0.464 e. The number of benzene rings is 2. The van der Waals surface area contributed by atoms with E-state index >= 15 is 0 Å². The predicted molar refractivity (Wildman–Crippen MR) is 100 cm³/mol. The van der Waals surface area contributed by atoms with Crippen molar-refractivity contribution in [2.24, 2.45) is 0 Å². The summed E-state index contributed by atoms with van der Waals surface area (Å²) in [5.74, 6) is 1.20. The van der Waals surface area contributed by atoms with Crippen molar-refractivity contribution in [2.75, 3.05) is 10.6 Å². The second-order valence-corrected chi connectivity index (χ2v) is 6.00. The number of rotatable bonds is 3. The van der Waals surface area contributed by atoms with E-state index in [-0.39, 0.29) is 5.91 Å². The number of carbonyl (C=O) groups excluding carboxylic acids is 1. The van der Waals surface area contributed by atoms with Crippen LogP contribution in [0.4, 0.5) is 11.6 Å². The van der Waals surface area contributed by atoms with Gasteiger partial charge in [-0.05, 0) is 30.3 Å². The van der Waals surface area contributed by atoms with Crippen molar-refractivity contribution >= 4 is 34.1 Å². The minimum Gasteiger partial charge on any atom is -0.464 e. The Morgan fingerprint density at radius 3 is 2.85 bits per heavy atom. The van der Waals surface area contributed by atoms with Gasteiger partial charge in [0.25, 0.3) is 5.91 Å². The van der Waals surface area contributed by atoms with Crippen molar-refractivity contribution in [1.82, 2.24) is 9.97 Å². The highest BCUT2D eigenvalue weighted by Gasteiger charge is 2.24. The monoisotopic (exact) mass is 342 g/mol. The van der Waals surface area contributed by atoms with E-state index in [0.717, 1.165) is 33.6 Å². The summed E-state index contributed by atoms with van der Waals surface area (Å²) in [6, 6.07) is 17.2. The van der Waals surface area contributed by atoms with Gasteiger partial charge in [0.05, 0.1) is 22.9 Å². The highest BCUT2D eigenvalue weighted by molar-refractivity contribution is 6.31. The Morgan fingerprint density at radius 1 is 1.08 bits per heavy atom. The summed E-state index contributed by atoms with van der Waals surface area (Å²) in [5, 5.41) is 5.97. The van der Waals surface area contributed by atoms with Crippen LogP contribution in [0.15, 0.2) is 71.5 Å². The second kappa shape index (κ2) is 5.63. The molecule has 0 bridgehead atoms. The van der Waals surface area contributed by atoms with E-state index in [0.29, 0.717) is 11.5 Å². The van der Waals surface area contributed by atoms with Gasteiger partial charge in [0.15, 0.2) is 0 Å². The summed E-state index contributed by atoms with van der Waals surface area (Å²) in [6.45, 7) is 0. The highest BCUT2D eigenvalue weighted by Crippen LogP contribution is 2.35. The van der Waals surface area contributed by atoms with Gasteiger partial charge in [0.2, 0.25) is 5.95 Å². The Labute approximate surface area is 148 Å². The first-order valence-corrected chi connectivity index (χ1v) is 8.19. The lowest BCUT2D eigenvalue weighted by Gasteiger charge is -2.02. The summed E-state index contributed by atoms with van der Waals surface area (Å²) in [4.78, 5) is 20.0. The summed E-state index contributed by atoms with van der Waals surface area (Å²) >= 11 is 0. The molecule has 0 spiro atoms. The summed E-state index contributed by atoms with van der Waals surface area (Å²) in [6.07, 6.45) is 3.30. The zero-order valence-corrected chi connectivity index (χ0v) is 13.6. The van der Waals surface area contributed by atoms with E-state index in [4.69, 9.17) is 4.42 Å². The zero-order chi connectivity index (χ0) is 17.5. The quantitative estimate of drug-likeness (QED) is 0.487. The van der Waals surface area contributed by atoms with Crippen LogP contribution in [0.3, 0.4) is 0 Å². The lowest BCUT2D eigenvalue weighted by molar-refractivity contribution is -0.110. The molecule has 4 aromatic rings. The molecule has 0 unspecified atom stereocenters. The standard InChI is InChI=1S/C20H14N4O2/c25-19-14(11-21-20-23-15-4-1-2-5-16(15)24-20)13-8-7-12(10-17(13)22-19)18-6-3-9-26-18/h1-11H,(H,22,25)(H2,21,23,24)/b14-11+. The van der Waals surface area contributed by atoms with Crippen molar-refractivity contribution in [3.8, 4) is 11.3 Å². The molecule has 2 aromatic carbocycles. The Balaban J connectivity index is 1.46. The number of amides is 1. The van der Waals surface area contributed by atoms with E-state index in [2.05, 4.69) is 20.6 Å². The molecular formula is C20H14N4O2. The van der Waals surface area contributed by atoms with Crippen LogP contribution < -0.4 is 10.6 Å². The summed E-state index contributed by atoms with van der Waals surface area (Å²) < 4.78 is 5.42. The summed E-state index contributed by atoms with van der Waals surface area (Å²) in [5.41, 5.74) is 4.89. The van der Waals surface area contributed by atoms with Gasteiger partial charge in [-0.1, -0.05) is 24.3 Å². The van der Waals surface area contributed by atoms with Crippen molar-refractivity contribution in [3.05, 3.63) is 72.6 Å². The molecule has 1 aliphatic rings. The maximum atomic E-state index is 12.3. The average molecular weight is 342 g/mol. The molecule has 0 radical (unpaired) electrons. The molecule has 3 N–H and O–H groups in total. The number of para-hydroxylation sites is 2. The average Bonchev–Trinajstić information content (AvgIpc) is 3.37. The first kappa shape index (κ1) is 14.5. The highest BCUT2D eigenvalue weighted by atomic mass is 16.3. The van der Waals surface area contributed by atoms with Crippen LogP contribution in [0.1, 0.15) is 5.56 Å². The molecule has 0 atom stereocenters. The van der Waals surface area contributed by atoms with Gasteiger partial charge in [-0.15, -0.1) is 0 Å². The maximum Gasteiger partial charge on any atom is 0.257 e. The van der Waals surface area contributed by atoms with Gasteiger partial charge in [0.1, 0.15) is 5.76 Å². The molecule has 2 aromatic heterocycles. The molecule has 26 heavy (non-hydrogen) atoms. The number of hydrogen-bond donors (Lipinski definition) is 3. The van der Waals surface area contributed by atoms with Gasteiger partial charge in [-0.25, -0.2) is 4.98 Å². The van der Waals surface area contributed by atoms with Crippen molar-refractivity contribution in [2.45, 2.75) is 0 Å². The number of fused-ring (bicyclic) bond motifs is 2. The van der Waals surface area contributed by atoms with E-state index in [1.165, 1.54) is 0 Å². The molecular weight excluding hydrogens is 328 g/mol. The van der Waals surface area contributed by atoms with Crippen LogP contribution in [0.2, 0.25) is 0 Å². The van der Waals surface area contributed by atoms with Gasteiger partial charge in [-0.2, -0.15) is 0 Å². The van der Waals surface area contributed by atoms with Crippen LogP contribution in [-0.2, 0) is 4.79 Å². The minimum atomic E-state index is -0.153.